The predicted octanol–water partition coefficient (Wildman–Crippen LogP) is 5.97. The zero-order chi connectivity index (χ0) is 35.4. The van der Waals surface area contributed by atoms with Crippen LogP contribution in [0.3, 0.4) is 0 Å². The van der Waals surface area contributed by atoms with E-state index in [9.17, 15) is 19.8 Å². The average Bonchev–Trinajstić information content (AvgIpc) is 3.15. The smallest absolute Gasteiger partial charge is 0.408 e. The van der Waals surface area contributed by atoms with Crippen LogP contribution >= 0.6 is 0 Å². The molecule has 3 fully saturated rings. The van der Waals surface area contributed by atoms with Crippen molar-refractivity contribution < 1.29 is 24.5 Å². The standard InChI is InChI=1S/C40H51N5O6/c46-34-15-13-32(33-14-16-37(48)43-39(33)34)35(47)26-41-19-9-4-2-1-3-5-10-22-50-31-23-30(24-42-25-31)38(29-11-7-6-8-12-29)44-40(49)51-36-27-45-20-17-28(36)18-21-45/h6-8,11-16,23-25,28,35-36,38,41,46-47H,1-5,9-10,17-22,26-27H2,(H,43,48)(H,44,49)/t35-,36-,38?/m0/s1. The summed E-state index contributed by atoms with van der Waals surface area (Å²) in [6, 6.07) is 17.7. The molecule has 3 saturated heterocycles. The van der Waals surface area contributed by atoms with E-state index in [0.29, 0.717) is 41.3 Å². The van der Waals surface area contributed by atoms with E-state index in [-0.39, 0.29) is 17.4 Å². The maximum atomic E-state index is 13.1. The van der Waals surface area contributed by atoms with Crippen molar-refractivity contribution >= 4 is 17.0 Å². The van der Waals surface area contributed by atoms with E-state index in [4.69, 9.17) is 9.47 Å². The van der Waals surface area contributed by atoms with Gasteiger partial charge in [-0.3, -0.25) is 14.7 Å². The predicted molar refractivity (Wildman–Crippen MR) is 197 cm³/mol. The highest BCUT2D eigenvalue weighted by Crippen LogP contribution is 2.31. The zero-order valence-corrected chi connectivity index (χ0v) is 29.3. The number of aliphatic hydroxyl groups is 1. The molecule has 2 aromatic carbocycles. The Morgan fingerprint density at radius 3 is 2.47 bits per heavy atom. The summed E-state index contributed by atoms with van der Waals surface area (Å²) < 4.78 is 12.0. The Morgan fingerprint density at radius 1 is 0.941 bits per heavy atom. The fourth-order valence-corrected chi connectivity index (χ4v) is 7.33. The number of nitrogens with one attached hydrogen (secondary N) is 3. The van der Waals surface area contributed by atoms with Crippen LogP contribution < -0.4 is 20.9 Å². The highest BCUT2D eigenvalue weighted by Gasteiger charge is 2.37. The number of rotatable bonds is 18. The monoisotopic (exact) mass is 697 g/mol. The van der Waals surface area contributed by atoms with Gasteiger partial charge in [0.1, 0.15) is 17.6 Å². The van der Waals surface area contributed by atoms with Crippen molar-refractivity contribution in [2.75, 3.05) is 39.3 Å². The first kappa shape index (κ1) is 36.3. The molecule has 4 aromatic rings. The molecule has 2 aromatic heterocycles. The van der Waals surface area contributed by atoms with E-state index in [1.165, 1.54) is 12.1 Å². The number of aliphatic hydroxyl groups excluding tert-OH is 1. The summed E-state index contributed by atoms with van der Waals surface area (Å²) in [6.45, 7) is 4.82. The molecule has 272 valence electrons. The quantitative estimate of drug-likeness (QED) is 0.0793. The lowest BCUT2D eigenvalue weighted by Crippen LogP contribution is -2.52. The lowest BCUT2D eigenvalue weighted by Gasteiger charge is -2.43. The topological polar surface area (TPSA) is 149 Å². The van der Waals surface area contributed by atoms with Crippen LogP contribution in [0.15, 0.2) is 77.9 Å². The molecule has 3 atom stereocenters. The fraction of sp³-hybridized carbons (Fsp3) is 0.475. The third kappa shape index (κ3) is 10.1. The number of nitrogens with zero attached hydrogens (tertiary/aromatic N) is 2. The van der Waals surface area contributed by atoms with Crippen LogP contribution in [0.1, 0.15) is 86.6 Å². The molecule has 5 heterocycles. The third-order valence-corrected chi connectivity index (χ3v) is 10.2. The Labute approximate surface area is 299 Å². The largest absolute Gasteiger partial charge is 0.506 e. The van der Waals surface area contributed by atoms with Crippen LogP contribution in [0.25, 0.3) is 10.9 Å². The number of phenols is 1. The minimum atomic E-state index is -0.745. The van der Waals surface area contributed by atoms with E-state index >= 15 is 0 Å². The van der Waals surface area contributed by atoms with Gasteiger partial charge in [-0.05, 0) is 80.6 Å². The number of phenolic OH excluding ortho intramolecular Hbond substituents is 1. The van der Waals surface area contributed by atoms with Gasteiger partial charge in [-0.25, -0.2) is 4.79 Å². The van der Waals surface area contributed by atoms with Crippen LogP contribution in [0.4, 0.5) is 4.79 Å². The zero-order valence-electron chi connectivity index (χ0n) is 29.3. The van der Waals surface area contributed by atoms with Crippen LogP contribution in [0.2, 0.25) is 0 Å². The van der Waals surface area contributed by atoms with Gasteiger partial charge in [0.05, 0.1) is 30.5 Å². The Bertz CT molecular complexity index is 1760. The first-order valence-corrected chi connectivity index (χ1v) is 18.5. The lowest BCUT2D eigenvalue weighted by atomic mass is 9.86. The van der Waals surface area contributed by atoms with Crippen LogP contribution in [-0.2, 0) is 4.74 Å². The van der Waals surface area contributed by atoms with Crippen molar-refractivity contribution in [3.05, 3.63) is 100 Å². The maximum absolute atomic E-state index is 13.1. The van der Waals surface area contributed by atoms with E-state index in [0.717, 1.165) is 95.1 Å². The van der Waals surface area contributed by atoms with Gasteiger partial charge in [-0.1, -0.05) is 68.5 Å². The summed E-state index contributed by atoms with van der Waals surface area (Å²) in [4.78, 5) is 34.2. The molecule has 11 nitrogen and oxygen atoms in total. The lowest BCUT2D eigenvalue weighted by molar-refractivity contribution is -0.0336. The van der Waals surface area contributed by atoms with Gasteiger partial charge in [-0.2, -0.15) is 0 Å². The Kier molecular flexibility index (Phi) is 12.9. The highest BCUT2D eigenvalue weighted by atomic mass is 16.6. The van der Waals surface area contributed by atoms with Gasteiger partial charge in [0.25, 0.3) is 0 Å². The molecule has 1 unspecified atom stereocenters. The Balaban J connectivity index is 0.860. The Morgan fingerprint density at radius 2 is 1.71 bits per heavy atom. The Hall–Kier alpha value is -4.45. The molecule has 2 bridgehead atoms. The van der Waals surface area contributed by atoms with Gasteiger partial charge in [0.2, 0.25) is 5.56 Å². The molecule has 1 amide bonds. The average molecular weight is 698 g/mol. The van der Waals surface area contributed by atoms with Crippen molar-refractivity contribution in [1.29, 1.82) is 0 Å². The molecule has 7 rings (SSSR count). The number of hydrogen-bond donors (Lipinski definition) is 5. The molecule has 3 aliphatic heterocycles. The number of alkyl carbamates (subject to hydrolysis) is 1. The first-order valence-electron chi connectivity index (χ1n) is 18.5. The number of carbonyl (C=O) groups is 1. The number of unbranched alkanes of at least 4 members (excludes halogenated alkanes) is 6. The number of aromatic nitrogens is 2. The van der Waals surface area contributed by atoms with Gasteiger partial charge in [0, 0.05) is 36.3 Å². The molecule has 0 saturated carbocycles. The number of fused-ring (bicyclic) bond motifs is 4. The number of aromatic hydroxyl groups is 1. The third-order valence-electron chi connectivity index (χ3n) is 10.2. The summed E-state index contributed by atoms with van der Waals surface area (Å²) in [5, 5.41) is 27.8. The molecule has 11 heteroatoms. The number of benzene rings is 2. The minimum Gasteiger partial charge on any atom is -0.506 e. The van der Waals surface area contributed by atoms with Gasteiger partial charge in [-0.15, -0.1) is 0 Å². The van der Waals surface area contributed by atoms with E-state index in [1.807, 2.05) is 36.4 Å². The highest BCUT2D eigenvalue weighted by molar-refractivity contribution is 5.87. The molecule has 0 radical (unpaired) electrons. The van der Waals surface area contributed by atoms with Gasteiger partial charge >= 0.3 is 6.09 Å². The second-order valence-electron chi connectivity index (χ2n) is 13.9. The number of aromatic amines is 1. The second kappa shape index (κ2) is 18.2. The summed E-state index contributed by atoms with van der Waals surface area (Å²) in [6.07, 6.45) is 12.1. The van der Waals surface area contributed by atoms with Crippen LogP contribution in [0, 0.1) is 5.92 Å². The van der Waals surface area contributed by atoms with Gasteiger partial charge < -0.3 is 35.3 Å². The molecule has 3 aliphatic rings. The number of amides is 1. The number of hydrogen-bond acceptors (Lipinski definition) is 9. The van der Waals surface area contributed by atoms with Gasteiger partial charge in [0.15, 0.2) is 0 Å². The van der Waals surface area contributed by atoms with E-state index in [2.05, 4.69) is 25.5 Å². The van der Waals surface area contributed by atoms with Crippen LogP contribution in [0.5, 0.6) is 11.5 Å². The number of ether oxygens (including phenoxy) is 2. The molecule has 5 N–H and O–H groups in total. The van der Waals surface area contributed by atoms with Crippen LogP contribution in [-0.4, -0.2) is 76.6 Å². The van der Waals surface area contributed by atoms with E-state index in [1.54, 1.807) is 24.5 Å². The summed E-state index contributed by atoms with van der Waals surface area (Å²) in [7, 11) is 0. The fourth-order valence-electron chi connectivity index (χ4n) is 7.33. The van der Waals surface area contributed by atoms with Crippen molar-refractivity contribution in [3.63, 3.8) is 0 Å². The SMILES string of the molecule is O=C(NC(c1ccccc1)c1cncc(OCCCCCCCCCNC[C@H](O)c2ccc(O)c3[nH]c(=O)ccc23)c1)O[C@H]1CN2CCC1CC2. The molecule has 51 heavy (non-hydrogen) atoms. The number of pyridine rings is 2. The van der Waals surface area contributed by atoms with Crippen molar-refractivity contribution in [3.8, 4) is 11.5 Å². The normalized spacial score (nSPS) is 19.4. The maximum Gasteiger partial charge on any atom is 0.408 e. The number of H-pyrrole nitrogens is 1. The number of piperidine rings is 3. The molecule has 0 spiro atoms. The van der Waals surface area contributed by atoms with Crippen molar-refractivity contribution in [1.82, 2.24) is 25.5 Å². The molecular weight excluding hydrogens is 646 g/mol. The number of carbonyl (C=O) groups excluding carboxylic acids is 1. The van der Waals surface area contributed by atoms with Crippen molar-refractivity contribution in [2.45, 2.75) is 76.0 Å². The minimum absolute atomic E-state index is 0.0114. The summed E-state index contributed by atoms with van der Waals surface area (Å²) in [5.41, 5.74) is 2.52. The molecule has 0 aliphatic carbocycles. The molecular formula is C40H51N5O6. The van der Waals surface area contributed by atoms with E-state index < -0.39 is 18.2 Å². The van der Waals surface area contributed by atoms with Crippen molar-refractivity contribution in [2.24, 2.45) is 5.92 Å². The summed E-state index contributed by atoms with van der Waals surface area (Å²) >= 11 is 0. The summed E-state index contributed by atoms with van der Waals surface area (Å²) in [5.74, 6) is 1.12. The first-order chi connectivity index (χ1) is 24.9. The second-order valence-corrected chi connectivity index (χ2v) is 13.9.